The molecular formula is C12H9ClN4O. The molecule has 0 aliphatic heterocycles. The molecule has 0 saturated carbocycles. The second-order valence-electron chi connectivity index (χ2n) is 3.77. The molecule has 6 heteroatoms. The summed E-state index contributed by atoms with van der Waals surface area (Å²) in [6, 6.07) is 9.32. The molecule has 0 fully saturated rings. The molecule has 5 nitrogen and oxygen atoms in total. The number of nitrogen functional groups attached to an aromatic ring is 1. The predicted molar refractivity (Wildman–Crippen MR) is 68.5 cm³/mol. The summed E-state index contributed by atoms with van der Waals surface area (Å²) in [4.78, 5) is 0. The summed E-state index contributed by atoms with van der Waals surface area (Å²) >= 11 is 5.82. The molecule has 2 N–H and O–H groups in total. The molecule has 0 saturated heterocycles. The monoisotopic (exact) mass is 260 g/mol. The van der Waals surface area contributed by atoms with Gasteiger partial charge in [0.25, 0.3) is 0 Å². The van der Waals surface area contributed by atoms with Gasteiger partial charge in [-0.05, 0) is 24.3 Å². The van der Waals surface area contributed by atoms with E-state index in [1.54, 1.807) is 23.1 Å². The lowest BCUT2D eigenvalue weighted by atomic mass is 10.1. The van der Waals surface area contributed by atoms with Gasteiger partial charge in [-0.25, -0.2) is 4.68 Å². The van der Waals surface area contributed by atoms with Crippen LogP contribution in [0.3, 0.4) is 0 Å². The van der Waals surface area contributed by atoms with Gasteiger partial charge < -0.3 is 10.3 Å². The maximum absolute atomic E-state index is 5.82. The Morgan fingerprint density at radius 3 is 2.56 bits per heavy atom. The Bertz CT molecular complexity index is 612. The summed E-state index contributed by atoms with van der Waals surface area (Å²) in [6.45, 7) is 0. The number of nitrogens with two attached hydrogens (primary N) is 1. The van der Waals surface area contributed by atoms with Gasteiger partial charge >= 0.3 is 0 Å². The highest BCUT2D eigenvalue weighted by Gasteiger charge is 2.05. The van der Waals surface area contributed by atoms with Crippen molar-refractivity contribution in [2.24, 2.45) is 0 Å². The van der Waals surface area contributed by atoms with Gasteiger partial charge in [-0.15, -0.1) is 0 Å². The zero-order valence-corrected chi connectivity index (χ0v) is 10.0. The average molecular weight is 261 g/mol. The van der Waals surface area contributed by atoms with Crippen molar-refractivity contribution in [3.05, 3.63) is 47.7 Å². The number of hydrogen-bond acceptors (Lipinski definition) is 4. The molecule has 0 spiro atoms. The Morgan fingerprint density at radius 2 is 2.00 bits per heavy atom. The van der Waals surface area contributed by atoms with Gasteiger partial charge in [0.1, 0.15) is 0 Å². The standard InChI is InChI=1S/C12H9ClN4O/c13-9-6-15-17(7-9)10-3-1-8(2-4-10)11-5-12(14)16-18-11/h1-7H,(H2,14,16). The van der Waals surface area contributed by atoms with Crippen molar-refractivity contribution < 1.29 is 4.52 Å². The van der Waals surface area contributed by atoms with Gasteiger partial charge in [0.2, 0.25) is 0 Å². The van der Waals surface area contributed by atoms with Crippen molar-refractivity contribution >= 4 is 17.4 Å². The van der Waals surface area contributed by atoms with Crippen LogP contribution in [0.2, 0.25) is 5.02 Å². The summed E-state index contributed by atoms with van der Waals surface area (Å²) in [7, 11) is 0. The Labute approximate surface area is 108 Å². The lowest BCUT2D eigenvalue weighted by Gasteiger charge is -2.01. The number of hydrogen-bond donors (Lipinski definition) is 1. The second kappa shape index (κ2) is 4.19. The Hall–Kier alpha value is -2.27. The van der Waals surface area contributed by atoms with Crippen LogP contribution in [0.15, 0.2) is 47.2 Å². The van der Waals surface area contributed by atoms with Gasteiger partial charge in [-0.3, -0.25) is 0 Å². The van der Waals surface area contributed by atoms with Gasteiger partial charge in [0.15, 0.2) is 11.6 Å². The second-order valence-corrected chi connectivity index (χ2v) is 4.20. The fourth-order valence-corrected chi connectivity index (χ4v) is 1.78. The molecule has 2 heterocycles. The van der Waals surface area contributed by atoms with Crippen LogP contribution in [0.25, 0.3) is 17.0 Å². The maximum atomic E-state index is 5.82. The summed E-state index contributed by atoms with van der Waals surface area (Å²) in [5, 5.41) is 8.37. The number of aromatic nitrogens is 3. The number of halogens is 1. The smallest absolute Gasteiger partial charge is 0.169 e. The van der Waals surface area contributed by atoms with Crippen LogP contribution >= 0.6 is 11.6 Å². The van der Waals surface area contributed by atoms with E-state index in [1.165, 1.54) is 0 Å². The molecule has 0 amide bonds. The van der Waals surface area contributed by atoms with E-state index in [4.69, 9.17) is 21.9 Å². The van der Waals surface area contributed by atoms with Gasteiger partial charge in [0.05, 0.1) is 16.9 Å². The lowest BCUT2D eigenvalue weighted by Crippen LogP contribution is -1.93. The van der Waals surface area contributed by atoms with Crippen LogP contribution in [0.4, 0.5) is 5.82 Å². The third-order valence-corrected chi connectivity index (χ3v) is 2.69. The molecule has 3 aromatic rings. The minimum absolute atomic E-state index is 0.368. The summed E-state index contributed by atoms with van der Waals surface area (Å²) < 4.78 is 6.78. The van der Waals surface area contributed by atoms with Gasteiger partial charge in [-0.2, -0.15) is 5.10 Å². The first-order valence-corrected chi connectivity index (χ1v) is 5.63. The fraction of sp³-hybridized carbons (Fsp3) is 0. The minimum atomic E-state index is 0.368. The van der Waals surface area contributed by atoms with Crippen molar-refractivity contribution in [2.75, 3.05) is 5.73 Å². The van der Waals surface area contributed by atoms with E-state index in [2.05, 4.69) is 10.3 Å². The predicted octanol–water partition coefficient (Wildman–Crippen LogP) is 2.76. The first-order valence-electron chi connectivity index (χ1n) is 5.25. The van der Waals surface area contributed by atoms with Crippen molar-refractivity contribution in [1.82, 2.24) is 14.9 Å². The van der Waals surface area contributed by atoms with Crippen molar-refractivity contribution in [3.63, 3.8) is 0 Å². The molecule has 2 aromatic heterocycles. The van der Waals surface area contributed by atoms with Crippen LogP contribution in [0.5, 0.6) is 0 Å². The molecular weight excluding hydrogens is 252 g/mol. The SMILES string of the molecule is Nc1cc(-c2ccc(-n3cc(Cl)cn3)cc2)on1. The van der Waals surface area contributed by atoms with E-state index < -0.39 is 0 Å². The Morgan fingerprint density at radius 1 is 1.22 bits per heavy atom. The molecule has 0 bridgehead atoms. The molecule has 90 valence electrons. The van der Waals surface area contributed by atoms with E-state index in [1.807, 2.05) is 24.3 Å². The minimum Gasteiger partial charge on any atom is -0.381 e. The molecule has 0 radical (unpaired) electrons. The van der Waals surface area contributed by atoms with Gasteiger partial charge in [-0.1, -0.05) is 16.8 Å². The van der Waals surface area contributed by atoms with E-state index in [-0.39, 0.29) is 0 Å². The number of nitrogens with zero attached hydrogens (tertiary/aromatic N) is 3. The third kappa shape index (κ3) is 1.96. The Balaban J connectivity index is 1.94. The van der Waals surface area contributed by atoms with Crippen LogP contribution in [-0.4, -0.2) is 14.9 Å². The van der Waals surface area contributed by atoms with E-state index in [0.29, 0.717) is 16.6 Å². The molecule has 0 aliphatic rings. The summed E-state index contributed by atoms with van der Waals surface area (Å²) in [5.74, 6) is 1.01. The largest absolute Gasteiger partial charge is 0.381 e. The summed E-state index contributed by atoms with van der Waals surface area (Å²) in [5.41, 5.74) is 7.32. The average Bonchev–Trinajstić information content (AvgIpc) is 2.98. The molecule has 18 heavy (non-hydrogen) atoms. The topological polar surface area (TPSA) is 69.9 Å². The van der Waals surface area contributed by atoms with Gasteiger partial charge in [0, 0.05) is 17.8 Å². The normalized spacial score (nSPS) is 10.7. The zero-order valence-electron chi connectivity index (χ0n) is 9.25. The highest BCUT2D eigenvalue weighted by atomic mass is 35.5. The number of anilines is 1. The van der Waals surface area contributed by atoms with E-state index in [0.717, 1.165) is 11.3 Å². The number of rotatable bonds is 2. The highest BCUT2D eigenvalue weighted by Crippen LogP contribution is 2.22. The van der Waals surface area contributed by atoms with Crippen molar-refractivity contribution in [1.29, 1.82) is 0 Å². The number of benzene rings is 1. The molecule has 3 rings (SSSR count). The Kier molecular flexibility index (Phi) is 2.53. The van der Waals surface area contributed by atoms with Crippen LogP contribution in [0.1, 0.15) is 0 Å². The van der Waals surface area contributed by atoms with E-state index in [9.17, 15) is 0 Å². The zero-order chi connectivity index (χ0) is 12.5. The van der Waals surface area contributed by atoms with Crippen molar-refractivity contribution in [2.45, 2.75) is 0 Å². The van der Waals surface area contributed by atoms with Crippen molar-refractivity contribution in [3.8, 4) is 17.0 Å². The highest BCUT2D eigenvalue weighted by molar-refractivity contribution is 6.30. The van der Waals surface area contributed by atoms with E-state index >= 15 is 0 Å². The first kappa shape index (κ1) is 10.9. The quantitative estimate of drug-likeness (QED) is 0.769. The molecule has 0 atom stereocenters. The van der Waals surface area contributed by atoms with Crippen LogP contribution in [-0.2, 0) is 0 Å². The lowest BCUT2D eigenvalue weighted by molar-refractivity contribution is 0.436. The summed E-state index contributed by atoms with van der Waals surface area (Å²) in [6.07, 6.45) is 3.33. The first-order chi connectivity index (χ1) is 8.72. The third-order valence-electron chi connectivity index (χ3n) is 2.50. The molecule has 0 aliphatic carbocycles. The fourth-order valence-electron chi connectivity index (χ4n) is 1.65. The van der Waals surface area contributed by atoms with Crippen LogP contribution < -0.4 is 5.73 Å². The molecule has 1 aromatic carbocycles. The molecule has 0 unspecified atom stereocenters. The van der Waals surface area contributed by atoms with Crippen LogP contribution in [0, 0.1) is 0 Å². The maximum Gasteiger partial charge on any atom is 0.169 e.